The Kier molecular flexibility index (Phi) is 6.89. The van der Waals surface area contributed by atoms with Gasteiger partial charge in [-0.15, -0.1) is 0 Å². The number of nitrogens with one attached hydrogen (secondary N) is 1. The Bertz CT molecular complexity index is 722. The highest BCUT2D eigenvalue weighted by molar-refractivity contribution is 5.77. The van der Waals surface area contributed by atoms with Gasteiger partial charge in [-0.3, -0.25) is 4.79 Å². The second-order valence-corrected chi connectivity index (χ2v) is 6.88. The predicted octanol–water partition coefficient (Wildman–Crippen LogP) is 3.57. The van der Waals surface area contributed by atoms with Gasteiger partial charge in [-0.25, -0.2) is 0 Å². The fraction of sp³-hybridized carbons (Fsp3) is 0.381. The van der Waals surface area contributed by atoms with Gasteiger partial charge < -0.3 is 19.5 Å². The minimum Gasteiger partial charge on any atom is -0.493 e. The molecule has 2 aromatic rings. The molecule has 2 rings (SSSR count). The van der Waals surface area contributed by atoms with E-state index in [0.29, 0.717) is 24.7 Å². The number of hydrogen-bond donors (Lipinski definition) is 1. The third-order valence-electron chi connectivity index (χ3n) is 3.80. The zero-order chi connectivity index (χ0) is 19.0. The molecule has 2 aromatic carbocycles. The van der Waals surface area contributed by atoms with E-state index in [1.807, 2.05) is 48.5 Å². The van der Waals surface area contributed by atoms with Gasteiger partial charge in [-0.2, -0.15) is 0 Å². The van der Waals surface area contributed by atoms with Gasteiger partial charge in [0.05, 0.1) is 13.7 Å². The summed E-state index contributed by atoms with van der Waals surface area (Å²) in [7, 11) is 1.59. The van der Waals surface area contributed by atoms with Crippen LogP contribution >= 0.6 is 0 Å². The topological polar surface area (TPSA) is 56.8 Å². The molecule has 5 heteroatoms. The molecule has 0 bridgehead atoms. The molecule has 0 saturated carbocycles. The number of benzene rings is 2. The number of rotatable bonds is 8. The molecule has 0 saturated heterocycles. The molecule has 0 spiro atoms. The van der Waals surface area contributed by atoms with Crippen molar-refractivity contribution < 1.29 is 19.0 Å². The molecular formula is C21H27NO4. The van der Waals surface area contributed by atoms with Crippen LogP contribution in [-0.2, 0) is 10.2 Å². The van der Waals surface area contributed by atoms with Crippen LogP contribution in [0.25, 0.3) is 0 Å². The number of methoxy groups -OCH3 is 1. The molecule has 0 aliphatic heterocycles. The van der Waals surface area contributed by atoms with Crippen LogP contribution in [0.3, 0.4) is 0 Å². The van der Waals surface area contributed by atoms with Gasteiger partial charge in [0.15, 0.2) is 18.1 Å². The lowest BCUT2D eigenvalue weighted by atomic mass is 9.86. The Balaban J connectivity index is 1.76. The van der Waals surface area contributed by atoms with Crippen LogP contribution in [0.2, 0.25) is 0 Å². The highest BCUT2D eigenvalue weighted by atomic mass is 16.5. The molecular weight excluding hydrogens is 330 g/mol. The van der Waals surface area contributed by atoms with Crippen molar-refractivity contribution in [1.29, 1.82) is 0 Å². The zero-order valence-electron chi connectivity index (χ0n) is 15.9. The van der Waals surface area contributed by atoms with Crippen LogP contribution in [-0.4, -0.2) is 32.8 Å². The van der Waals surface area contributed by atoms with Crippen molar-refractivity contribution >= 4 is 5.91 Å². The minimum absolute atomic E-state index is 0.0260. The lowest BCUT2D eigenvalue weighted by molar-refractivity contribution is -0.123. The Morgan fingerprint density at radius 1 is 0.923 bits per heavy atom. The fourth-order valence-corrected chi connectivity index (χ4v) is 2.50. The van der Waals surface area contributed by atoms with E-state index in [2.05, 4.69) is 26.1 Å². The molecule has 0 radical (unpaired) electrons. The van der Waals surface area contributed by atoms with Crippen molar-refractivity contribution in [2.75, 3.05) is 26.9 Å². The summed E-state index contributed by atoms with van der Waals surface area (Å²) < 4.78 is 16.5. The predicted molar refractivity (Wildman–Crippen MR) is 102 cm³/mol. The number of amides is 1. The third kappa shape index (κ3) is 5.69. The van der Waals surface area contributed by atoms with E-state index in [0.717, 1.165) is 11.3 Å². The maximum absolute atomic E-state index is 12.0. The number of hydrogen-bond acceptors (Lipinski definition) is 4. The number of carbonyl (C=O) groups excluding carboxylic acids is 1. The molecule has 0 heterocycles. The molecule has 0 atom stereocenters. The van der Waals surface area contributed by atoms with Gasteiger partial charge in [-0.05, 0) is 29.2 Å². The lowest BCUT2D eigenvalue weighted by Crippen LogP contribution is -2.32. The Labute approximate surface area is 155 Å². The summed E-state index contributed by atoms with van der Waals surface area (Å²) in [6.07, 6.45) is 0. The first-order valence-electron chi connectivity index (χ1n) is 8.66. The molecule has 140 valence electrons. The average molecular weight is 357 g/mol. The minimum atomic E-state index is -0.183. The maximum atomic E-state index is 12.0. The third-order valence-corrected chi connectivity index (χ3v) is 3.80. The van der Waals surface area contributed by atoms with E-state index in [-0.39, 0.29) is 17.9 Å². The van der Waals surface area contributed by atoms with E-state index in [4.69, 9.17) is 14.2 Å². The van der Waals surface area contributed by atoms with Crippen LogP contribution in [0, 0.1) is 0 Å². The second-order valence-electron chi connectivity index (χ2n) is 6.88. The summed E-state index contributed by atoms with van der Waals surface area (Å²) in [6.45, 7) is 7.06. The van der Waals surface area contributed by atoms with Crippen molar-refractivity contribution in [2.24, 2.45) is 0 Å². The normalized spacial score (nSPS) is 10.9. The monoisotopic (exact) mass is 357 g/mol. The van der Waals surface area contributed by atoms with Crippen LogP contribution in [0.15, 0.2) is 48.5 Å². The summed E-state index contributed by atoms with van der Waals surface area (Å²) in [5.74, 6) is 1.87. The Hall–Kier alpha value is -2.69. The fourth-order valence-electron chi connectivity index (χ4n) is 2.50. The Morgan fingerprint density at radius 3 is 2.19 bits per heavy atom. The Morgan fingerprint density at radius 2 is 1.54 bits per heavy atom. The van der Waals surface area contributed by atoms with E-state index in [1.165, 1.54) is 0 Å². The highest BCUT2D eigenvalue weighted by Crippen LogP contribution is 2.30. The van der Waals surface area contributed by atoms with Crippen molar-refractivity contribution in [1.82, 2.24) is 5.32 Å². The summed E-state index contributed by atoms with van der Waals surface area (Å²) in [4.78, 5) is 12.0. The molecule has 0 unspecified atom stereocenters. The van der Waals surface area contributed by atoms with Crippen molar-refractivity contribution in [3.63, 3.8) is 0 Å². The van der Waals surface area contributed by atoms with Gasteiger partial charge in [-0.1, -0.05) is 51.1 Å². The van der Waals surface area contributed by atoms with Crippen LogP contribution in [0.5, 0.6) is 17.2 Å². The van der Waals surface area contributed by atoms with Crippen molar-refractivity contribution in [2.45, 2.75) is 26.2 Å². The second kappa shape index (κ2) is 9.13. The summed E-state index contributed by atoms with van der Waals surface area (Å²) >= 11 is 0. The van der Waals surface area contributed by atoms with Gasteiger partial charge >= 0.3 is 0 Å². The molecule has 1 N–H and O–H groups in total. The molecule has 5 nitrogen and oxygen atoms in total. The quantitative estimate of drug-likeness (QED) is 0.734. The van der Waals surface area contributed by atoms with Gasteiger partial charge in [0.1, 0.15) is 12.4 Å². The largest absolute Gasteiger partial charge is 0.493 e. The van der Waals surface area contributed by atoms with E-state index in [9.17, 15) is 4.79 Å². The van der Waals surface area contributed by atoms with Crippen LogP contribution < -0.4 is 19.5 Å². The SMILES string of the molecule is COc1ccccc1OCCNC(=O)COc1ccccc1C(C)(C)C. The van der Waals surface area contributed by atoms with Gasteiger partial charge in [0.25, 0.3) is 5.91 Å². The molecule has 26 heavy (non-hydrogen) atoms. The van der Waals surface area contributed by atoms with Crippen LogP contribution in [0.4, 0.5) is 0 Å². The van der Waals surface area contributed by atoms with Crippen molar-refractivity contribution in [3.8, 4) is 17.2 Å². The summed E-state index contributed by atoms with van der Waals surface area (Å²) in [5.41, 5.74) is 1.03. The smallest absolute Gasteiger partial charge is 0.258 e. The molecule has 0 fully saturated rings. The van der Waals surface area contributed by atoms with Gasteiger partial charge in [0.2, 0.25) is 0 Å². The highest BCUT2D eigenvalue weighted by Gasteiger charge is 2.18. The molecule has 0 aromatic heterocycles. The summed E-state index contributed by atoms with van der Waals surface area (Å²) in [6, 6.07) is 15.2. The molecule has 0 aliphatic rings. The lowest BCUT2D eigenvalue weighted by Gasteiger charge is -2.22. The zero-order valence-corrected chi connectivity index (χ0v) is 15.9. The van der Waals surface area contributed by atoms with Crippen LogP contribution in [0.1, 0.15) is 26.3 Å². The van der Waals surface area contributed by atoms with Gasteiger partial charge in [0, 0.05) is 0 Å². The first-order valence-corrected chi connectivity index (χ1v) is 8.66. The standard InChI is InChI=1S/C21H27NO4/c1-21(2,3)16-9-5-6-10-17(16)26-15-20(23)22-13-14-25-19-12-8-7-11-18(19)24-4/h5-12H,13-15H2,1-4H3,(H,22,23). The first-order chi connectivity index (χ1) is 12.4. The first kappa shape index (κ1) is 19.6. The van der Waals surface area contributed by atoms with Crippen molar-refractivity contribution in [3.05, 3.63) is 54.1 Å². The molecule has 1 amide bonds. The average Bonchev–Trinajstić information content (AvgIpc) is 2.63. The van der Waals surface area contributed by atoms with E-state index >= 15 is 0 Å². The van der Waals surface area contributed by atoms with E-state index < -0.39 is 0 Å². The number of para-hydroxylation sites is 3. The van der Waals surface area contributed by atoms with E-state index in [1.54, 1.807) is 7.11 Å². The summed E-state index contributed by atoms with van der Waals surface area (Å²) in [5, 5.41) is 2.79. The molecule has 0 aliphatic carbocycles. The number of carbonyl (C=O) groups is 1. The number of ether oxygens (including phenoxy) is 3. The maximum Gasteiger partial charge on any atom is 0.258 e.